The van der Waals surface area contributed by atoms with E-state index in [2.05, 4.69) is 9.88 Å². The number of amides is 2. The van der Waals surface area contributed by atoms with Crippen molar-refractivity contribution < 1.29 is 14.7 Å². The van der Waals surface area contributed by atoms with Gasteiger partial charge in [-0.15, -0.1) is 0 Å². The molecule has 142 valence electrons. The third kappa shape index (κ3) is 4.45. The number of hydrogen-bond donors (Lipinski definition) is 1. The lowest BCUT2D eigenvalue weighted by Crippen LogP contribution is -2.50. The Morgan fingerprint density at radius 3 is 2.31 bits per heavy atom. The fourth-order valence-electron chi connectivity index (χ4n) is 4.06. The monoisotopic (exact) mass is 360 g/mol. The molecule has 1 aromatic heterocycles. The fraction of sp³-hybridized carbons (Fsp3) is 0.632. The highest BCUT2D eigenvalue weighted by Crippen LogP contribution is 2.31. The highest BCUT2D eigenvalue weighted by molar-refractivity contribution is 5.79. The van der Waals surface area contributed by atoms with Crippen LogP contribution in [0.5, 0.6) is 0 Å². The summed E-state index contributed by atoms with van der Waals surface area (Å²) in [5.41, 5.74) is 1.16. The zero-order chi connectivity index (χ0) is 18.5. The minimum absolute atomic E-state index is 0.105. The van der Waals surface area contributed by atoms with E-state index in [0.29, 0.717) is 12.5 Å². The Morgan fingerprint density at radius 1 is 1.12 bits per heavy atom. The standard InChI is InChI=1S/C19H28N4O3/c1-21(19(25)26)14-15-2-4-16(5-3-15)18(24)23-12-10-22(11-13-23)17-6-8-20-9-7-17/h6-9,15-16H,2-5,10-14H2,1H3,(H,25,26). The SMILES string of the molecule is CN(CC1CCC(C(=O)N2CCN(c3ccncc3)CC2)CC1)C(=O)O. The van der Waals surface area contributed by atoms with Crippen molar-refractivity contribution >= 4 is 17.7 Å². The molecule has 7 heteroatoms. The number of anilines is 1. The summed E-state index contributed by atoms with van der Waals surface area (Å²) in [5.74, 6) is 0.766. The maximum atomic E-state index is 12.8. The smallest absolute Gasteiger partial charge is 0.407 e. The van der Waals surface area contributed by atoms with Gasteiger partial charge in [0.1, 0.15) is 0 Å². The molecule has 0 spiro atoms. The Morgan fingerprint density at radius 2 is 1.73 bits per heavy atom. The number of carboxylic acid groups (broad SMARTS) is 1. The molecule has 2 aliphatic rings. The van der Waals surface area contributed by atoms with Gasteiger partial charge in [0.05, 0.1) is 0 Å². The predicted molar refractivity (Wildman–Crippen MR) is 99.1 cm³/mol. The molecule has 0 aromatic carbocycles. The van der Waals surface area contributed by atoms with E-state index in [1.807, 2.05) is 17.0 Å². The lowest BCUT2D eigenvalue weighted by molar-refractivity contribution is -0.137. The molecule has 3 rings (SSSR count). The number of carbonyl (C=O) groups is 2. The van der Waals surface area contributed by atoms with Gasteiger partial charge >= 0.3 is 6.09 Å². The number of nitrogens with zero attached hydrogens (tertiary/aromatic N) is 4. The van der Waals surface area contributed by atoms with Gasteiger partial charge in [-0.1, -0.05) is 0 Å². The van der Waals surface area contributed by atoms with Gasteiger partial charge < -0.3 is 19.8 Å². The molecule has 1 saturated carbocycles. The largest absolute Gasteiger partial charge is 0.465 e. The Labute approximate surface area is 154 Å². The third-order valence-corrected chi connectivity index (χ3v) is 5.67. The van der Waals surface area contributed by atoms with E-state index in [1.54, 1.807) is 19.4 Å². The first-order chi connectivity index (χ1) is 12.5. The van der Waals surface area contributed by atoms with Gasteiger partial charge in [-0.2, -0.15) is 0 Å². The molecule has 1 aliphatic heterocycles. The summed E-state index contributed by atoms with van der Waals surface area (Å²) in [6.45, 7) is 3.82. The van der Waals surface area contributed by atoms with Crippen LogP contribution in [0.4, 0.5) is 10.5 Å². The van der Waals surface area contributed by atoms with Gasteiger partial charge in [0.2, 0.25) is 5.91 Å². The van der Waals surface area contributed by atoms with Crippen molar-refractivity contribution in [3.05, 3.63) is 24.5 Å². The first kappa shape index (κ1) is 18.5. The molecule has 2 fully saturated rings. The van der Waals surface area contributed by atoms with Crippen molar-refractivity contribution in [1.29, 1.82) is 0 Å². The van der Waals surface area contributed by atoms with Gasteiger partial charge in [0, 0.05) is 63.8 Å². The number of pyridine rings is 1. The maximum Gasteiger partial charge on any atom is 0.407 e. The van der Waals surface area contributed by atoms with Gasteiger partial charge in [-0.05, 0) is 43.7 Å². The topological polar surface area (TPSA) is 77.0 Å². The van der Waals surface area contributed by atoms with Crippen LogP contribution in [0.15, 0.2) is 24.5 Å². The van der Waals surface area contributed by atoms with Crippen LogP contribution in [0.1, 0.15) is 25.7 Å². The average molecular weight is 360 g/mol. The molecule has 7 nitrogen and oxygen atoms in total. The molecule has 1 N–H and O–H groups in total. The minimum atomic E-state index is -0.879. The molecule has 2 amide bonds. The van der Waals surface area contributed by atoms with Crippen LogP contribution in [-0.2, 0) is 4.79 Å². The van der Waals surface area contributed by atoms with Crippen molar-refractivity contribution in [2.45, 2.75) is 25.7 Å². The van der Waals surface area contributed by atoms with Crippen molar-refractivity contribution in [3.8, 4) is 0 Å². The fourth-order valence-corrected chi connectivity index (χ4v) is 4.06. The van der Waals surface area contributed by atoms with Crippen LogP contribution in [0.3, 0.4) is 0 Å². The summed E-state index contributed by atoms with van der Waals surface area (Å²) in [6.07, 6.45) is 6.34. The lowest BCUT2D eigenvalue weighted by atomic mass is 9.81. The van der Waals surface area contributed by atoms with Crippen LogP contribution >= 0.6 is 0 Å². The van der Waals surface area contributed by atoms with Crippen LogP contribution in [0.25, 0.3) is 0 Å². The molecule has 0 bridgehead atoms. The highest BCUT2D eigenvalue weighted by atomic mass is 16.4. The molecule has 2 heterocycles. The molecule has 0 radical (unpaired) electrons. The summed E-state index contributed by atoms with van der Waals surface area (Å²) >= 11 is 0. The number of carbonyl (C=O) groups excluding carboxylic acids is 1. The van der Waals surface area contributed by atoms with E-state index >= 15 is 0 Å². The van der Waals surface area contributed by atoms with E-state index in [4.69, 9.17) is 5.11 Å². The van der Waals surface area contributed by atoms with E-state index in [-0.39, 0.29) is 11.8 Å². The van der Waals surface area contributed by atoms with Crippen molar-refractivity contribution in [1.82, 2.24) is 14.8 Å². The second-order valence-corrected chi connectivity index (χ2v) is 7.40. The molecule has 0 unspecified atom stereocenters. The summed E-state index contributed by atoms with van der Waals surface area (Å²) in [7, 11) is 1.61. The summed E-state index contributed by atoms with van der Waals surface area (Å²) in [4.78, 5) is 33.5. The van der Waals surface area contributed by atoms with E-state index in [9.17, 15) is 9.59 Å². The predicted octanol–water partition coefficient (Wildman–Crippen LogP) is 2.15. The lowest BCUT2D eigenvalue weighted by Gasteiger charge is -2.39. The summed E-state index contributed by atoms with van der Waals surface area (Å²) in [5, 5.41) is 8.98. The normalized spacial score (nSPS) is 23.6. The molecular formula is C19H28N4O3. The second kappa shape index (κ2) is 8.38. The highest BCUT2D eigenvalue weighted by Gasteiger charge is 2.31. The zero-order valence-electron chi connectivity index (χ0n) is 15.4. The summed E-state index contributed by atoms with van der Waals surface area (Å²) < 4.78 is 0. The number of piperazine rings is 1. The zero-order valence-corrected chi connectivity index (χ0v) is 15.4. The first-order valence-electron chi connectivity index (χ1n) is 9.42. The Kier molecular flexibility index (Phi) is 5.96. The van der Waals surface area contributed by atoms with Crippen molar-refractivity contribution in [2.24, 2.45) is 11.8 Å². The molecule has 1 aliphatic carbocycles. The van der Waals surface area contributed by atoms with E-state index in [0.717, 1.165) is 57.5 Å². The number of hydrogen-bond acceptors (Lipinski definition) is 4. The van der Waals surface area contributed by atoms with Crippen molar-refractivity contribution in [2.75, 3.05) is 44.7 Å². The third-order valence-electron chi connectivity index (χ3n) is 5.67. The summed E-state index contributed by atoms with van der Waals surface area (Å²) in [6, 6.07) is 4.01. The Balaban J connectivity index is 1.44. The van der Waals surface area contributed by atoms with Gasteiger partial charge in [0.15, 0.2) is 0 Å². The minimum Gasteiger partial charge on any atom is -0.465 e. The average Bonchev–Trinajstić information content (AvgIpc) is 2.69. The van der Waals surface area contributed by atoms with Crippen LogP contribution in [0.2, 0.25) is 0 Å². The van der Waals surface area contributed by atoms with Gasteiger partial charge in [0.25, 0.3) is 0 Å². The molecule has 26 heavy (non-hydrogen) atoms. The van der Waals surface area contributed by atoms with E-state index < -0.39 is 6.09 Å². The van der Waals surface area contributed by atoms with Crippen LogP contribution in [0, 0.1) is 11.8 Å². The Bertz CT molecular complexity index is 608. The Hall–Kier alpha value is -2.31. The van der Waals surface area contributed by atoms with E-state index in [1.165, 1.54) is 4.90 Å². The second-order valence-electron chi connectivity index (χ2n) is 7.40. The van der Waals surface area contributed by atoms with Crippen LogP contribution < -0.4 is 4.90 Å². The maximum absolute atomic E-state index is 12.8. The molecule has 0 atom stereocenters. The number of rotatable bonds is 4. The molecular weight excluding hydrogens is 332 g/mol. The van der Waals surface area contributed by atoms with Gasteiger partial charge in [-0.3, -0.25) is 9.78 Å². The molecule has 1 saturated heterocycles. The number of aromatic nitrogens is 1. The first-order valence-corrected chi connectivity index (χ1v) is 9.42. The van der Waals surface area contributed by atoms with Crippen molar-refractivity contribution in [3.63, 3.8) is 0 Å². The molecule has 1 aromatic rings. The van der Waals surface area contributed by atoms with Crippen LogP contribution in [-0.4, -0.2) is 71.7 Å². The van der Waals surface area contributed by atoms with Gasteiger partial charge in [-0.25, -0.2) is 4.79 Å². The quantitative estimate of drug-likeness (QED) is 0.890.